The zero-order valence-corrected chi connectivity index (χ0v) is 12.2. The highest BCUT2D eigenvalue weighted by Crippen LogP contribution is 2.24. The van der Waals surface area contributed by atoms with E-state index in [2.05, 4.69) is 22.2 Å². The van der Waals surface area contributed by atoms with Gasteiger partial charge in [0.15, 0.2) is 5.65 Å². The van der Waals surface area contributed by atoms with Crippen molar-refractivity contribution < 1.29 is 5.11 Å². The zero-order valence-electron chi connectivity index (χ0n) is 11.3. The molecule has 2 aromatic rings. The van der Waals surface area contributed by atoms with Crippen LogP contribution in [0.5, 0.6) is 0 Å². The molecule has 2 rings (SSSR count). The third-order valence-corrected chi connectivity index (χ3v) is 4.00. The molecule has 0 aliphatic heterocycles. The first-order chi connectivity index (χ1) is 9.24. The molecule has 0 spiro atoms. The van der Waals surface area contributed by atoms with Gasteiger partial charge in [-0.1, -0.05) is 13.8 Å². The number of aliphatic hydroxyl groups excluding tert-OH is 1. The smallest absolute Gasteiger partial charge is 0.169 e. The first-order valence-electron chi connectivity index (χ1n) is 6.55. The number of hydrogen-bond donors (Lipinski definition) is 2. The Bertz CT molecular complexity index is 528. The lowest BCUT2D eigenvalue weighted by atomic mass is 10.2. The lowest BCUT2D eigenvalue weighted by Crippen LogP contribution is -2.06. The molecule has 0 saturated heterocycles. The summed E-state index contributed by atoms with van der Waals surface area (Å²) in [6.07, 6.45) is 6.72. The van der Waals surface area contributed by atoms with Crippen LogP contribution in [0.15, 0.2) is 23.6 Å². The van der Waals surface area contributed by atoms with Gasteiger partial charge >= 0.3 is 0 Å². The van der Waals surface area contributed by atoms with Gasteiger partial charge in [-0.3, -0.25) is 0 Å². The summed E-state index contributed by atoms with van der Waals surface area (Å²) in [7, 11) is 0. The molecule has 0 aromatic carbocycles. The van der Waals surface area contributed by atoms with Crippen molar-refractivity contribution in [1.82, 2.24) is 14.4 Å². The maximum absolute atomic E-state index is 9.09. The van der Waals surface area contributed by atoms with E-state index in [9.17, 15) is 0 Å². The normalized spacial score (nSPS) is 12.8. The minimum Gasteiger partial charge on any atom is -0.396 e. The van der Waals surface area contributed by atoms with Gasteiger partial charge in [-0.2, -0.15) is 0 Å². The molecule has 2 N–H and O–H groups in total. The van der Waals surface area contributed by atoms with Crippen LogP contribution in [0.2, 0.25) is 0 Å². The Morgan fingerprint density at radius 2 is 2.37 bits per heavy atom. The minimum absolute atomic E-state index is 0.200. The van der Waals surface area contributed by atoms with E-state index in [0.717, 1.165) is 35.2 Å². The van der Waals surface area contributed by atoms with Gasteiger partial charge < -0.3 is 14.8 Å². The second-order valence-electron chi connectivity index (χ2n) is 4.61. The van der Waals surface area contributed by atoms with Crippen molar-refractivity contribution in [3.63, 3.8) is 0 Å². The Morgan fingerprint density at radius 3 is 3.11 bits per heavy atom. The number of aromatic nitrogens is 3. The first kappa shape index (κ1) is 14.1. The molecule has 0 bridgehead atoms. The van der Waals surface area contributed by atoms with E-state index in [4.69, 9.17) is 5.11 Å². The number of rotatable bonds is 7. The summed E-state index contributed by atoms with van der Waals surface area (Å²) in [5.74, 6) is 1.96. The van der Waals surface area contributed by atoms with Crippen LogP contribution in [0.1, 0.15) is 20.3 Å². The molecular weight excluding hydrogens is 260 g/mol. The SMILES string of the molecule is CCCNc1cn2ccnc2c(SCC(C)CO)n1. The molecule has 0 aliphatic rings. The summed E-state index contributed by atoms with van der Waals surface area (Å²) in [6.45, 7) is 5.26. The van der Waals surface area contributed by atoms with E-state index in [1.54, 1.807) is 18.0 Å². The lowest BCUT2D eigenvalue weighted by molar-refractivity contribution is 0.250. The topological polar surface area (TPSA) is 62.5 Å². The average Bonchev–Trinajstić information content (AvgIpc) is 2.90. The van der Waals surface area contributed by atoms with Crippen molar-refractivity contribution in [2.24, 2.45) is 5.92 Å². The monoisotopic (exact) mass is 280 g/mol. The molecule has 1 unspecified atom stereocenters. The van der Waals surface area contributed by atoms with E-state index in [1.807, 2.05) is 23.7 Å². The van der Waals surface area contributed by atoms with E-state index >= 15 is 0 Å². The van der Waals surface area contributed by atoms with Crippen LogP contribution >= 0.6 is 11.8 Å². The molecular formula is C13H20N4OS. The Balaban J connectivity index is 2.21. The van der Waals surface area contributed by atoms with Crippen molar-refractivity contribution in [2.75, 3.05) is 24.2 Å². The van der Waals surface area contributed by atoms with Crippen LogP contribution in [0.25, 0.3) is 5.65 Å². The quantitative estimate of drug-likeness (QED) is 0.762. The third-order valence-electron chi connectivity index (χ3n) is 2.72. The number of nitrogens with one attached hydrogen (secondary N) is 1. The number of thioether (sulfide) groups is 1. The van der Waals surface area contributed by atoms with Crippen LogP contribution in [-0.4, -0.2) is 38.4 Å². The van der Waals surface area contributed by atoms with Gasteiger partial charge in [-0.25, -0.2) is 9.97 Å². The van der Waals surface area contributed by atoms with E-state index in [0.29, 0.717) is 0 Å². The van der Waals surface area contributed by atoms with Gasteiger partial charge in [0, 0.05) is 31.3 Å². The fraction of sp³-hybridized carbons (Fsp3) is 0.538. The van der Waals surface area contributed by atoms with Gasteiger partial charge in [0.2, 0.25) is 0 Å². The largest absolute Gasteiger partial charge is 0.396 e. The number of aliphatic hydroxyl groups is 1. The van der Waals surface area contributed by atoms with E-state index in [-0.39, 0.29) is 12.5 Å². The standard InChI is InChI=1S/C13H20N4OS/c1-3-4-14-11-7-17-6-5-15-12(17)13(16-11)19-9-10(2)8-18/h5-7,10,14,18H,3-4,8-9H2,1-2H3. The summed E-state index contributed by atoms with van der Waals surface area (Å²) in [5.41, 5.74) is 0.872. The second-order valence-corrected chi connectivity index (χ2v) is 5.62. The molecule has 19 heavy (non-hydrogen) atoms. The van der Waals surface area contributed by atoms with Crippen LogP contribution in [0.3, 0.4) is 0 Å². The van der Waals surface area contributed by atoms with Crippen molar-refractivity contribution in [2.45, 2.75) is 25.3 Å². The van der Waals surface area contributed by atoms with Crippen LogP contribution in [0.4, 0.5) is 5.82 Å². The van der Waals surface area contributed by atoms with E-state index in [1.165, 1.54) is 0 Å². The summed E-state index contributed by atoms with van der Waals surface area (Å²) in [4.78, 5) is 8.94. The molecule has 5 nitrogen and oxygen atoms in total. The van der Waals surface area contributed by atoms with Gasteiger partial charge in [-0.15, -0.1) is 11.8 Å². The van der Waals surface area contributed by atoms with Crippen molar-refractivity contribution in [3.8, 4) is 0 Å². The number of fused-ring (bicyclic) bond motifs is 1. The Labute approximate surface area is 117 Å². The number of anilines is 1. The van der Waals surface area contributed by atoms with Crippen molar-refractivity contribution in [3.05, 3.63) is 18.6 Å². The molecule has 0 fully saturated rings. The molecule has 104 valence electrons. The van der Waals surface area contributed by atoms with Crippen molar-refractivity contribution >= 4 is 23.2 Å². The van der Waals surface area contributed by atoms with Gasteiger partial charge in [0.05, 0.1) is 6.20 Å². The molecule has 0 radical (unpaired) electrons. The molecule has 6 heteroatoms. The number of imidazole rings is 1. The fourth-order valence-corrected chi connectivity index (χ4v) is 2.61. The van der Waals surface area contributed by atoms with Gasteiger partial charge in [-0.05, 0) is 12.3 Å². The zero-order chi connectivity index (χ0) is 13.7. The molecule has 1 atom stereocenters. The van der Waals surface area contributed by atoms with Crippen LogP contribution < -0.4 is 5.32 Å². The molecule has 0 aliphatic carbocycles. The number of nitrogens with zero attached hydrogens (tertiary/aromatic N) is 3. The number of hydrogen-bond acceptors (Lipinski definition) is 5. The maximum atomic E-state index is 9.09. The first-order valence-corrected chi connectivity index (χ1v) is 7.54. The highest BCUT2D eigenvalue weighted by molar-refractivity contribution is 7.99. The molecule has 0 amide bonds. The van der Waals surface area contributed by atoms with Gasteiger partial charge in [0.1, 0.15) is 10.8 Å². The lowest BCUT2D eigenvalue weighted by Gasteiger charge is -2.10. The predicted molar refractivity (Wildman–Crippen MR) is 78.7 cm³/mol. The highest BCUT2D eigenvalue weighted by atomic mass is 32.2. The minimum atomic E-state index is 0.200. The van der Waals surface area contributed by atoms with E-state index < -0.39 is 0 Å². The average molecular weight is 280 g/mol. The summed E-state index contributed by atoms with van der Waals surface area (Å²) >= 11 is 1.64. The predicted octanol–water partition coefficient (Wildman–Crippen LogP) is 2.27. The summed E-state index contributed by atoms with van der Waals surface area (Å²) in [5, 5.41) is 13.3. The highest BCUT2D eigenvalue weighted by Gasteiger charge is 2.10. The summed E-state index contributed by atoms with van der Waals surface area (Å²) < 4.78 is 1.98. The molecule has 2 heterocycles. The molecule has 0 saturated carbocycles. The van der Waals surface area contributed by atoms with Gasteiger partial charge in [0.25, 0.3) is 0 Å². The van der Waals surface area contributed by atoms with Crippen LogP contribution in [0, 0.1) is 5.92 Å². The summed E-state index contributed by atoms with van der Waals surface area (Å²) in [6, 6.07) is 0. The van der Waals surface area contributed by atoms with Crippen molar-refractivity contribution in [1.29, 1.82) is 0 Å². The third kappa shape index (κ3) is 3.61. The van der Waals surface area contributed by atoms with Crippen LogP contribution in [-0.2, 0) is 0 Å². The Hall–Kier alpha value is -1.27. The Morgan fingerprint density at radius 1 is 1.53 bits per heavy atom. The maximum Gasteiger partial charge on any atom is 0.169 e. The fourth-order valence-electron chi connectivity index (χ4n) is 1.61. The Kier molecular flexibility index (Phi) is 5.04. The molecule has 2 aromatic heterocycles. The second kappa shape index (κ2) is 6.77.